The molecule has 1 saturated carbocycles. The van der Waals surface area contributed by atoms with Crippen molar-refractivity contribution in [2.45, 2.75) is 25.8 Å². The van der Waals surface area contributed by atoms with Gasteiger partial charge < -0.3 is 0 Å². The molecule has 0 spiro atoms. The molecular weight excluding hydrogens is 344 g/mol. The SMILES string of the molecule is O=C(CC1CC1)Cn1cnc2csc(-c3ccc(Cl)cc3)c2c1=O. The highest BCUT2D eigenvalue weighted by Crippen LogP contribution is 2.33. The van der Waals surface area contributed by atoms with E-state index in [1.807, 2.05) is 17.5 Å². The van der Waals surface area contributed by atoms with E-state index in [-0.39, 0.29) is 17.9 Å². The molecule has 1 aliphatic carbocycles. The molecule has 2 heterocycles. The smallest absolute Gasteiger partial charge is 0.263 e. The van der Waals surface area contributed by atoms with Crippen molar-refractivity contribution in [1.82, 2.24) is 9.55 Å². The van der Waals surface area contributed by atoms with Crippen LogP contribution in [0.3, 0.4) is 0 Å². The maximum Gasteiger partial charge on any atom is 0.263 e. The topological polar surface area (TPSA) is 52.0 Å². The minimum absolute atomic E-state index is 0.101. The van der Waals surface area contributed by atoms with Crippen LogP contribution in [0.2, 0.25) is 5.02 Å². The molecule has 24 heavy (non-hydrogen) atoms. The van der Waals surface area contributed by atoms with E-state index in [1.54, 1.807) is 12.1 Å². The van der Waals surface area contributed by atoms with Gasteiger partial charge in [0, 0.05) is 21.7 Å². The third-order valence-electron chi connectivity index (χ3n) is 4.25. The second kappa shape index (κ2) is 6.15. The first-order chi connectivity index (χ1) is 11.6. The van der Waals surface area contributed by atoms with Crippen molar-refractivity contribution in [3.05, 3.63) is 51.3 Å². The van der Waals surface area contributed by atoms with Gasteiger partial charge in [0.15, 0.2) is 5.78 Å². The fraction of sp³-hybridized carbons (Fsp3) is 0.278. The summed E-state index contributed by atoms with van der Waals surface area (Å²) in [7, 11) is 0. The second-order valence-corrected chi connectivity index (χ2v) is 7.51. The number of fused-ring (bicyclic) bond motifs is 1. The van der Waals surface area contributed by atoms with E-state index in [0.717, 1.165) is 23.3 Å². The zero-order valence-corrected chi connectivity index (χ0v) is 14.4. The van der Waals surface area contributed by atoms with E-state index < -0.39 is 0 Å². The third-order valence-corrected chi connectivity index (χ3v) is 5.52. The van der Waals surface area contributed by atoms with E-state index in [1.165, 1.54) is 22.2 Å². The number of thiophene rings is 1. The summed E-state index contributed by atoms with van der Waals surface area (Å²) in [6, 6.07) is 7.39. The van der Waals surface area contributed by atoms with Crippen LogP contribution in [0.4, 0.5) is 0 Å². The minimum Gasteiger partial charge on any atom is -0.298 e. The zero-order chi connectivity index (χ0) is 16.7. The summed E-state index contributed by atoms with van der Waals surface area (Å²) in [5.41, 5.74) is 1.44. The lowest BCUT2D eigenvalue weighted by Crippen LogP contribution is -2.24. The largest absolute Gasteiger partial charge is 0.298 e. The molecule has 1 fully saturated rings. The van der Waals surface area contributed by atoms with Gasteiger partial charge in [0.1, 0.15) is 0 Å². The Hall–Kier alpha value is -1.98. The van der Waals surface area contributed by atoms with Crippen LogP contribution in [-0.2, 0) is 11.3 Å². The number of aromatic nitrogens is 2. The standard InChI is InChI=1S/C18H15ClN2O2S/c19-13-5-3-12(4-6-13)17-16-15(9-24-17)20-10-21(18(16)23)8-14(22)7-11-1-2-11/h3-6,9-11H,1-2,7-8H2. The van der Waals surface area contributed by atoms with Crippen molar-refractivity contribution in [2.24, 2.45) is 5.92 Å². The van der Waals surface area contributed by atoms with Crippen LogP contribution in [0.1, 0.15) is 19.3 Å². The lowest BCUT2D eigenvalue weighted by Gasteiger charge is -2.05. The molecule has 3 aromatic rings. The van der Waals surface area contributed by atoms with Crippen LogP contribution in [0.15, 0.2) is 40.8 Å². The van der Waals surface area contributed by atoms with Crippen LogP contribution in [-0.4, -0.2) is 15.3 Å². The number of carbonyl (C=O) groups excluding carboxylic acids is 1. The van der Waals surface area contributed by atoms with Gasteiger partial charge in [0.05, 0.1) is 23.8 Å². The van der Waals surface area contributed by atoms with E-state index in [4.69, 9.17) is 11.6 Å². The van der Waals surface area contributed by atoms with Crippen molar-refractivity contribution >= 4 is 39.6 Å². The molecule has 0 saturated heterocycles. The second-order valence-electron chi connectivity index (χ2n) is 6.20. The Morgan fingerprint density at radius 1 is 1.29 bits per heavy atom. The molecule has 122 valence electrons. The van der Waals surface area contributed by atoms with Crippen LogP contribution in [0.5, 0.6) is 0 Å². The summed E-state index contributed by atoms with van der Waals surface area (Å²) in [6.07, 6.45) is 4.30. The lowest BCUT2D eigenvalue weighted by molar-refractivity contribution is -0.120. The number of ketones is 1. The van der Waals surface area contributed by atoms with Crippen LogP contribution in [0, 0.1) is 5.92 Å². The monoisotopic (exact) mass is 358 g/mol. The van der Waals surface area contributed by atoms with Gasteiger partial charge >= 0.3 is 0 Å². The van der Waals surface area contributed by atoms with Gasteiger partial charge in [-0.1, -0.05) is 23.7 Å². The number of Topliss-reactive ketones (excluding diaryl/α,β-unsaturated/α-hetero) is 1. The highest BCUT2D eigenvalue weighted by atomic mass is 35.5. The van der Waals surface area contributed by atoms with Gasteiger partial charge in [-0.15, -0.1) is 11.3 Å². The molecule has 4 nitrogen and oxygen atoms in total. The molecule has 4 rings (SSSR count). The highest BCUT2D eigenvalue weighted by Gasteiger charge is 2.24. The number of halogens is 1. The summed E-state index contributed by atoms with van der Waals surface area (Å²) in [4.78, 5) is 30.1. The summed E-state index contributed by atoms with van der Waals surface area (Å²) < 4.78 is 1.43. The molecule has 1 aromatic carbocycles. The Morgan fingerprint density at radius 3 is 2.75 bits per heavy atom. The molecule has 0 N–H and O–H groups in total. The molecule has 2 aromatic heterocycles. The first kappa shape index (κ1) is 15.5. The number of rotatable bonds is 5. The molecule has 0 unspecified atom stereocenters. The Bertz CT molecular complexity index is 971. The van der Waals surface area contributed by atoms with E-state index in [2.05, 4.69) is 4.98 Å². The quantitative estimate of drug-likeness (QED) is 0.688. The van der Waals surface area contributed by atoms with Crippen molar-refractivity contribution < 1.29 is 4.79 Å². The van der Waals surface area contributed by atoms with Crippen LogP contribution < -0.4 is 5.56 Å². The average Bonchev–Trinajstić information content (AvgIpc) is 3.26. The summed E-state index contributed by atoms with van der Waals surface area (Å²) >= 11 is 7.42. The van der Waals surface area contributed by atoms with Crippen LogP contribution in [0.25, 0.3) is 21.3 Å². The number of benzene rings is 1. The van der Waals surface area contributed by atoms with Gasteiger partial charge in [0.25, 0.3) is 5.56 Å². The summed E-state index contributed by atoms with van der Waals surface area (Å²) in [5, 5.41) is 3.10. The number of nitrogens with zero attached hydrogens (tertiary/aromatic N) is 2. The first-order valence-electron chi connectivity index (χ1n) is 7.86. The summed E-state index contributed by atoms with van der Waals surface area (Å²) in [5.74, 6) is 0.625. The van der Waals surface area contributed by atoms with Crippen molar-refractivity contribution in [3.63, 3.8) is 0 Å². The molecular formula is C18H15ClN2O2S. The van der Waals surface area contributed by atoms with Gasteiger partial charge in [-0.05, 0) is 36.5 Å². The molecule has 0 bridgehead atoms. The number of hydrogen-bond donors (Lipinski definition) is 0. The predicted octanol–water partition coefficient (Wildman–Crippen LogP) is 4.15. The Balaban J connectivity index is 1.74. The highest BCUT2D eigenvalue weighted by molar-refractivity contribution is 7.15. The van der Waals surface area contributed by atoms with Gasteiger partial charge in [-0.2, -0.15) is 0 Å². The number of carbonyl (C=O) groups is 1. The Kier molecular flexibility index (Phi) is 3.98. The predicted molar refractivity (Wildman–Crippen MR) is 96.7 cm³/mol. The maximum atomic E-state index is 12.8. The van der Waals surface area contributed by atoms with E-state index in [0.29, 0.717) is 28.3 Å². The number of hydrogen-bond acceptors (Lipinski definition) is 4. The normalized spacial score (nSPS) is 14.2. The molecule has 0 amide bonds. The zero-order valence-electron chi connectivity index (χ0n) is 12.9. The fourth-order valence-electron chi connectivity index (χ4n) is 2.80. The van der Waals surface area contributed by atoms with Gasteiger partial charge in [-0.3, -0.25) is 14.2 Å². The maximum absolute atomic E-state index is 12.8. The van der Waals surface area contributed by atoms with Crippen molar-refractivity contribution in [2.75, 3.05) is 0 Å². The van der Waals surface area contributed by atoms with E-state index >= 15 is 0 Å². The average molecular weight is 359 g/mol. The fourth-order valence-corrected chi connectivity index (χ4v) is 3.92. The molecule has 0 atom stereocenters. The minimum atomic E-state index is -0.157. The Labute approximate surface area is 147 Å². The lowest BCUT2D eigenvalue weighted by atomic mass is 10.1. The summed E-state index contributed by atoms with van der Waals surface area (Å²) in [6.45, 7) is 0.105. The third kappa shape index (κ3) is 3.01. The van der Waals surface area contributed by atoms with Crippen molar-refractivity contribution in [1.29, 1.82) is 0 Å². The first-order valence-corrected chi connectivity index (χ1v) is 9.12. The van der Waals surface area contributed by atoms with Gasteiger partial charge in [0.2, 0.25) is 0 Å². The molecule has 1 aliphatic rings. The molecule has 6 heteroatoms. The van der Waals surface area contributed by atoms with Gasteiger partial charge in [-0.25, -0.2) is 4.98 Å². The van der Waals surface area contributed by atoms with Crippen molar-refractivity contribution in [3.8, 4) is 10.4 Å². The Morgan fingerprint density at radius 2 is 2.04 bits per heavy atom. The molecule has 0 aliphatic heterocycles. The van der Waals surface area contributed by atoms with E-state index in [9.17, 15) is 9.59 Å². The van der Waals surface area contributed by atoms with Crippen LogP contribution >= 0.6 is 22.9 Å². The molecule has 0 radical (unpaired) electrons.